The lowest BCUT2D eigenvalue weighted by Gasteiger charge is -2.22. The summed E-state index contributed by atoms with van der Waals surface area (Å²) in [5.74, 6) is -1.24. The van der Waals surface area contributed by atoms with E-state index >= 15 is 0 Å². The van der Waals surface area contributed by atoms with Crippen LogP contribution >= 0.6 is 0 Å². The van der Waals surface area contributed by atoms with Crippen LogP contribution in [0.25, 0.3) is 0 Å². The van der Waals surface area contributed by atoms with Crippen LogP contribution < -0.4 is 10.6 Å². The number of carboxylic acid groups (broad SMARTS) is 1. The Kier molecular flexibility index (Phi) is 3.88. The van der Waals surface area contributed by atoms with E-state index in [9.17, 15) is 9.59 Å². The number of amides is 1. The van der Waals surface area contributed by atoms with Gasteiger partial charge in [-0.1, -0.05) is 0 Å². The zero-order valence-corrected chi connectivity index (χ0v) is 8.25. The summed E-state index contributed by atoms with van der Waals surface area (Å²) in [6.07, 6.45) is 1.81. The van der Waals surface area contributed by atoms with Crippen LogP contribution in [-0.2, 0) is 9.59 Å². The SMILES string of the molecule is C[C@H](NC(=O)[C@@H]1CCCNC1)C(=O)O. The van der Waals surface area contributed by atoms with Crippen molar-refractivity contribution < 1.29 is 14.7 Å². The molecule has 1 aliphatic heterocycles. The number of piperidine rings is 1. The average molecular weight is 200 g/mol. The molecule has 1 rings (SSSR count). The molecule has 0 aromatic rings. The van der Waals surface area contributed by atoms with Crippen molar-refractivity contribution >= 4 is 11.9 Å². The van der Waals surface area contributed by atoms with Gasteiger partial charge in [-0.2, -0.15) is 0 Å². The number of carbonyl (C=O) groups is 2. The van der Waals surface area contributed by atoms with E-state index < -0.39 is 12.0 Å². The van der Waals surface area contributed by atoms with Gasteiger partial charge in [-0.15, -0.1) is 0 Å². The molecular weight excluding hydrogens is 184 g/mol. The maximum Gasteiger partial charge on any atom is 0.325 e. The smallest absolute Gasteiger partial charge is 0.325 e. The van der Waals surface area contributed by atoms with Crippen LogP contribution in [0.5, 0.6) is 0 Å². The Morgan fingerprint density at radius 1 is 1.57 bits per heavy atom. The largest absolute Gasteiger partial charge is 0.480 e. The summed E-state index contributed by atoms with van der Waals surface area (Å²) in [5, 5.41) is 14.2. The first-order chi connectivity index (χ1) is 6.61. The number of carboxylic acids is 1. The minimum absolute atomic E-state index is 0.0782. The van der Waals surface area contributed by atoms with Crippen LogP contribution in [0.15, 0.2) is 0 Å². The zero-order valence-electron chi connectivity index (χ0n) is 8.25. The van der Waals surface area contributed by atoms with E-state index in [1.54, 1.807) is 0 Å². The Hall–Kier alpha value is -1.10. The molecule has 1 fully saturated rings. The molecule has 3 N–H and O–H groups in total. The van der Waals surface area contributed by atoms with E-state index in [2.05, 4.69) is 10.6 Å². The topological polar surface area (TPSA) is 78.4 Å². The number of rotatable bonds is 3. The lowest BCUT2D eigenvalue weighted by Crippen LogP contribution is -2.46. The first-order valence-electron chi connectivity index (χ1n) is 4.85. The van der Waals surface area contributed by atoms with Crippen molar-refractivity contribution in [1.29, 1.82) is 0 Å². The average Bonchev–Trinajstić information content (AvgIpc) is 2.19. The Balaban J connectivity index is 2.36. The molecule has 2 atom stereocenters. The summed E-state index contributed by atoms with van der Waals surface area (Å²) < 4.78 is 0. The van der Waals surface area contributed by atoms with Gasteiger partial charge in [0.05, 0.1) is 5.92 Å². The van der Waals surface area contributed by atoms with Crippen LogP contribution in [0, 0.1) is 5.92 Å². The van der Waals surface area contributed by atoms with E-state index in [0.29, 0.717) is 6.54 Å². The monoisotopic (exact) mass is 200 g/mol. The molecule has 80 valence electrons. The molecule has 0 radical (unpaired) electrons. The molecule has 1 heterocycles. The van der Waals surface area contributed by atoms with Gasteiger partial charge in [-0.3, -0.25) is 9.59 Å². The third-order valence-electron chi connectivity index (χ3n) is 2.40. The number of hydrogen-bond acceptors (Lipinski definition) is 3. The van der Waals surface area contributed by atoms with Gasteiger partial charge in [-0.25, -0.2) is 0 Å². The van der Waals surface area contributed by atoms with Gasteiger partial charge < -0.3 is 15.7 Å². The molecular formula is C9H16N2O3. The van der Waals surface area contributed by atoms with Crippen LogP contribution in [0.3, 0.4) is 0 Å². The van der Waals surface area contributed by atoms with Gasteiger partial charge in [0.25, 0.3) is 0 Å². The Morgan fingerprint density at radius 3 is 2.79 bits per heavy atom. The van der Waals surface area contributed by atoms with Crippen molar-refractivity contribution in [3.8, 4) is 0 Å². The Labute approximate surface area is 82.9 Å². The van der Waals surface area contributed by atoms with Crippen molar-refractivity contribution in [1.82, 2.24) is 10.6 Å². The fraction of sp³-hybridized carbons (Fsp3) is 0.778. The fourth-order valence-corrected chi connectivity index (χ4v) is 1.47. The molecule has 0 saturated carbocycles. The van der Waals surface area contributed by atoms with Crippen molar-refractivity contribution in [2.75, 3.05) is 13.1 Å². The predicted octanol–water partition coefficient (Wildman–Crippen LogP) is -0.425. The molecule has 0 bridgehead atoms. The molecule has 5 nitrogen and oxygen atoms in total. The highest BCUT2D eigenvalue weighted by Gasteiger charge is 2.23. The molecule has 0 unspecified atom stereocenters. The highest BCUT2D eigenvalue weighted by molar-refractivity contribution is 5.84. The molecule has 1 saturated heterocycles. The highest BCUT2D eigenvalue weighted by atomic mass is 16.4. The van der Waals surface area contributed by atoms with Gasteiger partial charge in [-0.05, 0) is 26.3 Å². The quantitative estimate of drug-likeness (QED) is 0.578. The van der Waals surface area contributed by atoms with Crippen molar-refractivity contribution in [3.05, 3.63) is 0 Å². The van der Waals surface area contributed by atoms with Gasteiger partial charge in [0.1, 0.15) is 6.04 Å². The van der Waals surface area contributed by atoms with Gasteiger partial charge in [0, 0.05) is 6.54 Å². The molecule has 5 heteroatoms. The van der Waals surface area contributed by atoms with Crippen LogP contribution in [-0.4, -0.2) is 36.1 Å². The summed E-state index contributed by atoms with van der Waals surface area (Å²) >= 11 is 0. The number of nitrogens with one attached hydrogen (secondary N) is 2. The van der Waals surface area contributed by atoms with Crippen LogP contribution in [0.1, 0.15) is 19.8 Å². The lowest BCUT2D eigenvalue weighted by molar-refractivity contribution is -0.142. The third kappa shape index (κ3) is 2.99. The van der Waals surface area contributed by atoms with Crippen molar-refractivity contribution in [2.24, 2.45) is 5.92 Å². The third-order valence-corrected chi connectivity index (χ3v) is 2.40. The van der Waals surface area contributed by atoms with E-state index in [-0.39, 0.29) is 11.8 Å². The Bertz CT molecular complexity index is 224. The predicted molar refractivity (Wildman–Crippen MR) is 50.8 cm³/mol. The minimum atomic E-state index is -0.998. The van der Waals surface area contributed by atoms with E-state index in [1.165, 1.54) is 6.92 Å². The molecule has 1 amide bonds. The first-order valence-corrected chi connectivity index (χ1v) is 4.85. The highest BCUT2D eigenvalue weighted by Crippen LogP contribution is 2.09. The molecule has 0 aromatic heterocycles. The lowest BCUT2D eigenvalue weighted by atomic mass is 9.98. The number of aliphatic carboxylic acids is 1. The first kappa shape index (κ1) is 11.0. The molecule has 0 aromatic carbocycles. The van der Waals surface area contributed by atoms with E-state index in [4.69, 9.17) is 5.11 Å². The second kappa shape index (κ2) is 4.95. The van der Waals surface area contributed by atoms with Gasteiger partial charge in [0.15, 0.2) is 0 Å². The summed E-state index contributed by atoms with van der Waals surface area (Å²) in [6.45, 7) is 3.06. The maximum atomic E-state index is 11.5. The summed E-state index contributed by atoms with van der Waals surface area (Å²) in [4.78, 5) is 22.0. The number of carbonyl (C=O) groups excluding carboxylic acids is 1. The molecule has 0 spiro atoms. The maximum absolute atomic E-state index is 11.5. The van der Waals surface area contributed by atoms with Gasteiger partial charge in [0.2, 0.25) is 5.91 Å². The standard InChI is InChI=1S/C9H16N2O3/c1-6(9(13)14)11-8(12)7-3-2-4-10-5-7/h6-7,10H,2-5H2,1H3,(H,11,12)(H,13,14)/t6-,7+/m0/s1. The van der Waals surface area contributed by atoms with Crippen molar-refractivity contribution in [3.63, 3.8) is 0 Å². The Morgan fingerprint density at radius 2 is 2.29 bits per heavy atom. The second-order valence-electron chi connectivity index (χ2n) is 3.61. The normalized spacial score (nSPS) is 23.9. The zero-order chi connectivity index (χ0) is 10.6. The second-order valence-corrected chi connectivity index (χ2v) is 3.61. The van der Waals surface area contributed by atoms with E-state index in [1.807, 2.05) is 0 Å². The fourth-order valence-electron chi connectivity index (χ4n) is 1.47. The molecule has 0 aliphatic carbocycles. The summed E-state index contributed by atoms with van der Waals surface area (Å²) in [7, 11) is 0. The summed E-state index contributed by atoms with van der Waals surface area (Å²) in [5.41, 5.74) is 0. The van der Waals surface area contributed by atoms with E-state index in [0.717, 1.165) is 19.4 Å². The van der Waals surface area contributed by atoms with Crippen molar-refractivity contribution in [2.45, 2.75) is 25.8 Å². The number of hydrogen-bond donors (Lipinski definition) is 3. The molecule has 1 aliphatic rings. The molecule has 14 heavy (non-hydrogen) atoms. The van der Waals surface area contributed by atoms with Crippen LogP contribution in [0.2, 0.25) is 0 Å². The summed E-state index contributed by atoms with van der Waals surface area (Å²) in [6, 6.07) is -0.801. The van der Waals surface area contributed by atoms with Gasteiger partial charge >= 0.3 is 5.97 Å². The minimum Gasteiger partial charge on any atom is -0.480 e. The van der Waals surface area contributed by atoms with Crippen LogP contribution in [0.4, 0.5) is 0 Å².